The first-order valence-corrected chi connectivity index (χ1v) is 9.38. The maximum atomic E-state index is 12.3. The number of anilines is 1. The molecule has 1 N–H and O–H groups in total. The number of aromatic nitrogens is 1. The number of hydrogen-bond acceptors (Lipinski definition) is 2. The molecule has 0 aliphatic carbocycles. The lowest BCUT2D eigenvalue weighted by Crippen LogP contribution is -2.27. The quantitative estimate of drug-likeness (QED) is 0.758. The molecule has 24 heavy (non-hydrogen) atoms. The normalized spacial score (nSPS) is 18.5. The molecule has 0 fully saturated rings. The standard InChI is InChI=1S/C20H22N2OS/c1-5-14-10-12-24(13-14)17-9-8-16(22-19(23)20(2,3)4)18-15(17)7-6-11-21-18/h5-13,24H,1H2,2-4H3,(H,22,23). The highest BCUT2D eigenvalue weighted by molar-refractivity contribution is 8.22. The summed E-state index contributed by atoms with van der Waals surface area (Å²) < 4.78 is 0. The van der Waals surface area contributed by atoms with Gasteiger partial charge in [0, 0.05) is 21.9 Å². The van der Waals surface area contributed by atoms with Crippen LogP contribution in [0.4, 0.5) is 5.69 Å². The number of amides is 1. The number of benzene rings is 1. The van der Waals surface area contributed by atoms with Gasteiger partial charge in [0.15, 0.2) is 0 Å². The average molecular weight is 338 g/mol. The first kappa shape index (κ1) is 16.5. The monoisotopic (exact) mass is 338 g/mol. The molecular formula is C20H22N2OS. The zero-order valence-corrected chi connectivity index (χ0v) is 15.1. The maximum absolute atomic E-state index is 12.3. The summed E-state index contributed by atoms with van der Waals surface area (Å²) in [7, 11) is -0.507. The van der Waals surface area contributed by atoms with E-state index in [-0.39, 0.29) is 5.91 Å². The number of nitrogens with zero attached hydrogens (tertiary/aromatic N) is 1. The van der Waals surface area contributed by atoms with E-state index in [9.17, 15) is 4.79 Å². The van der Waals surface area contributed by atoms with E-state index in [1.807, 2.05) is 39.0 Å². The zero-order chi connectivity index (χ0) is 17.3. The Morgan fingerprint density at radius 2 is 2.08 bits per heavy atom. The number of carbonyl (C=O) groups is 1. The van der Waals surface area contributed by atoms with Crippen LogP contribution < -0.4 is 5.32 Å². The average Bonchev–Trinajstić information content (AvgIpc) is 3.03. The number of allylic oxidation sites excluding steroid dienone is 3. The molecule has 1 unspecified atom stereocenters. The number of fused-ring (bicyclic) bond motifs is 1. The van der Waals surface area contributed by atoms with Crippen LogP contribution in [0.15, 0.2) is 70.5 Å². The van der Waals surface area contributed by atoms with Gasteiger partial charge in [-0.15, -0.1) is 0 Å². The maximum Gasteiger partial charge on any atom is 0.229 e. The Morgan fingerprint density at radius 1 is 1.29 bits per heavy atom. The van der Waals surface area contributed by atoms with Crippen molar-refractivity contribution < 1.29 is 4.79 Å². The Bertz CT molecular complexity index is 875. The van der Waals surface area contributed by atoms with E-state index in [0.717, 1.165) is 22.2 Å². The van der Waals surface area contributed by atoms with E-state index < -0.39 is 16.3 Å². The van der Waals surface area contributed by atoms with Gasteiger partial charge < -0.3 is 5.32 Å². The third-order valence-corrected chi connectivity index (χ3v) is 5.90. The van der Waals surface area contributed by atoms with Crippen LogP contribution in [0.2, 0.25) is 0 Å². The van der Waals surface area contributed by atoms with Crippen LogP contribution in [-0.2, 0) is 4.79 Å². The number of thiol groups is 1. The minimum absolute atomic E-state index is 0.0116. The van der Waals surface area contributed by atoms with Gasteiger partial charge in [-0.3, -0.25) is 9.78 Å². The molecule has 0 radical (unpaired) electrons. The van der Waals surface area contributed by atoms with E-state index >= 15 is 0 Å². The molecule has 0 spiro atoms. The Hall–Kier alpha value is -2.33. The van der Waals surface area contributed by atoms with Crippen LogP contribution in [0.3, 0.4) is 0 Å². The molecule has 2 aromatic rings. The lowest BCUT2D eigenvalue weighted by atomic mass is 9.95. The van der Waals surface area contributed by atoms with Gasteiger partial charge >= 0.3 is 0 Å². The second-order valence-corrected chi connectivity index (χ2v) is 8.64. The number of nitrogens with one attached hydrogen (secondary N) is 1. The largest absolute Gasteiger partial charge is 0.324 e. The summed E-state index contributed by atoms with van der Waals surface area (Å²) in [5.41, 5.74) is 2.31. The second-order valence-electron chi connectivity index (χ2n) is 6.79. The number of rotatable bonds is 3. The summed E-state index contributed by atoms with van der Waals surface area (Å²) in [6.45, 7) is 9.54. The van der Waals surface area contributed by atoms with Crippen molar-refractivity contribution in [3.8, 4) is 0 Å². The van der Waals surface area contributed by atoms with E-state index in [1.165, 1.54) is 4.90 Å². The van der Waals surface area contributed by atoms with Crippen molar-refractivity contribution in [1.29, 1.82) is 0 Å². The number of pyridine rings is 1. The van der Waals surface area contributed by atoms with Crippen molar-refractivity contribution in [3.05, 3.63) is 65.6 Å². The van der Waals surface area contributed by atoms with Crippen LogP contribution in [-0.4, -0.2) is 10.9 Å². The van der Waals surface area contributed by atoms with Gasteiger partial charge in [-0.05, 0) is 40.7 Å². The fourth-order valence-corrected chi connectivity index (χ4v) is 4.41. The molecule has 0 saturated heterocycles. The predicted octanol–water partition coefficient (Wildman–Crippen LogP) is 5.18. The predicted molar refractivity (Wildman–Crippen MR) is 104 cm³/mol. The molecule has 1 aromatic carbocycles. The third kappa shape index (κ3) is 3.15. The summed E-state index contributed by atoms with van der Waals surface area (Å²) in [4.78, 5) is 18.1. The molecule has 0 bridgehead atoms. The first-order valence-electron chi connectivity index (χ1n) is 7.90. The fraction of sp³-hybridized carbons (Fsp3) is 0.200. The SMILES string of the molecule is C=CC1=C[SH](c2ccc(NC(=O)C(C)(C)C)c3ncccc23)C=C1. The highest BCUT2D eigenvalue weighted by Gasteiger charge is 2.22. The van der Waals surface area contributed by atoms with Crippen LogP contribution in [0, 0.1) is 5.41 Å². The molecule has 4 heteroatoms. The molecule has 0 saturated carbocycles. The van der Waals surface area contributed by atoms with Crippen molar-refractivity contribution in [2.75, 3.05) is 5.32 Å². The summed E-state index contributed by atoms with van der Waals surface area (Å²) in [5.74, 6) is -0.0116. The van der Waals surface area contributed by atoms with E-state index in [4.69, 9.17) is 0 Å². The number of carbonyl (C=O) groups excluding carboxylic acids is 1. The van der Waals surface area contributed by atoms with Gasteiger partial charge in [0.05, 0.1) is 11.2 Å². The summed E-state index contributed by atoms with van der Waals surface area (Å²) in [5, 5.41) is 8.57. The van der Waals surface area contributed by atoms with Crippen LogP contribution >= 0.6 is 10.9 Å². The van der Waals surface area contributed by atoms with Crippen molar-refractivity contribution in [1.82, 2.24) is 4.98 Å². The Balaban J connectivity index is 2.06. The van der Waals surface area contributed by atoms with Gasteiger partial charge in [-0.25, -0.2) is 0 Å². The first-order chi connectivity index (χ1) is 11.4. The van der Waals surface area contributed by atoms with Crippen LogP contribution in [0.25, 0.3) is 10.9 Å². The fourth-order valence-electron chi connectivity index (χ4n) is 2.48. The molecule has 1 amide bonds. The Kier molecular flexibility index (Phi) is 4.33. The van der Waals surface area contributed by atoms with Gasteiger partial charge in [0.25, 0.3) is 0 Å². The smallest absolute Gasteiger partial charge is 0.229 e. The van der Waals surface area contributed by atoms with Gasteiger partial charge in [0.2, 0.25) is 5.91 Å². The molecule has 1 aliphatic rings. The van der Waals surface area contributed by atoms with E-state index in [1.54, 1.807) is 6.20 Å². The van der Waals surface area contributed by atoms with E-state index in [2.05, 4.69) is 45.9 Å². The molecule has 1 aromatic heterocycles. The minimum atomic E-state index is -0.507. The van der Waals surface area contributed by atoms with Gasteiger partial charge in [-0.1, -0.05) is 39.5 Å². The molecule has 3 nitrogen and oxygen atoms in total. The molecular weight excluding hydrogens is 316 g/mol. The Morgan fingerprint density at radius 3 is 2.75 bits per heavy atom. The lowest BCUT2D eigenvalue weighted by Gasteiger charge is -2.20. The molecule has 1 atom stereocenters. The lowest BCUT2D eigenvalue weighted by molar-refractivity contribution is -0.123. The molecule has 2 heterocycles. The van der Waals surface area contributed by atoms with Crippen LogP contribution in [0.5, 0.6) is 0 Å². The topological polar surface area (TPSA) is 42.0 Å². The van der Waals surface area contributed by atoms with Crippen molar-refractivity contribution in [3.63, 3.8) is 0 Å². The zero-order valence-electron chi connectivity index (χ0n) is 14.2. The van der Waals surface area contributed by atoms with Crippen molar-refractivity contribution in [2.24, 2.45) is 5.41 Å². The van der Waals surface area contributed by atoms with Crippen LogP contribution in [0.1, 0.15) is 20.8 Å². The van der Waals surface area contributed by atoms with E-state index in [0.29, 0.717) is 0 Å². The Labute approximate surface area is 145 Å². The summed E-state index contributed by atoms with van der Waals surface area (Å²) in [6, 6.07) is 8.07. The third-order valence-electron chi connectivity index (χ3n) is 3.91. The summed E-state index contributed by atoms with van der Waals surface area (Å²) in [6.07, 6.45) is 5.75. The van der Waals surface area contributed by atoms with Gasteiger partial charge in [-0.2, -0.15) is 10.9 Å². The minimum Gasteiger partial charge on any atom is -0.324 e. The second kappa shape index (κ2) is 6.29. The van der Waals surface area contributed by atoms with Crippen molar-refractivity contribution in [2.45, 2.75) is 25.7 Å². The molecule has 1 aliphatic heterocycles. The molecule has 124 valence electrons. The molecule has 3 rings (SSSR count). The highest BCUT2D eigenvalue weighted by Crippen LogP contribution is 2.48. The summed E-state index contributed by atoms with van der Waals surface area (Å²) >= 11 is 0. The highest BCUT2D eigenvalue weighted by atomic mass is 32.2. The van der Waals surface area contributed by atoms with Crippen molar-refractivity contribution >= 4 is 33.4 Å². The van der Waals surface area contributed by atoms with Gasteiger partial charge in [0.1, 0.15) is 0 Å². The number of hydrogen-bond donors (Lipinski definition) is 2.